The second-order valence-corrected chi connectivity index (χ2v) is 2.68. The normalized spacial score (nSPS) is 13.0. The van der Waals surface area contributed by atoms with Crippen LogP contribution in [0.25, 0.3) is 0 Å². The largest absolute Gasteiger partial charge is 0.278 e. The van der Waals surface area contributed by atoms with Gasteiger partial charge in [-0.3, -0.25) is 4.99 Å². The molecule has 0 aliphatic rings. The second kappa shape index (κ2) is 5.19. The number of halogens is 1. The first-order chi connectivity index (χ1) is 4.74. The number of hydrogen-bond donors (Lipinski definition) is 0. The number of allylic oxidation sites excluding steroid dienone is 2. The molecular formula is C7H9BrN2. The monoisotopic (exact) mass is 200 g/mol. The standard InChI is InChI=1S/C7H9BrN2/c1-3-6(8)4-7(5-9)10-2/h4H,3H2,1-2H3/b6-4+,10-7?. The molecule has 2 nitrogen and oxygen atoms in total. The smallest absolute Gasteiger partial charge is 0.135 e. The topological polar surface area (TPSA) is 36.1 Å². The summed E-state index contributed by atoms with van der Waals surface area (Å²) in [7, 11) is 1.60. The average Bonchev–Trinajstić information content (AvgIpc) is 1.99. The van der Waals surface area contributed by atoms with Gasteiger partial charge in [-0.05, 0) is 17.0 Å². The second-order valence-electron chi connectivity index (χ2n) is 1.67. The van der Waals surface area contributed by atoms with Gasteiger partial charge >= 0.3 is 0 Å². The van der Waals surface area contributed by atoms with Crippen LogP contribution in [0.15, 0.2) is 15.6 Å². The van der Waals surface area contributed by atoms with Crippen molar-refractivity contribution < 1.29 is 0 Å². The van der Waals surface area contributed by atoms with Crippen molar-refractivity contribution in [1.29, 1.82) is 5.26 Å². The van der Waals surface area contributed by atoms with Gasteiger partial charge in [0.2, 0.25) is 0 Å². The van der Waals surface area contributed by atoms with E-state index in [-0.39, 0.29) is 0 Å². The predicted molar refractivity (Wildman–Crippen MR) is 46.3 cm³/mol. The van der Waals surface area contributed by atoms with Crippen LogP contribution in [0.3, 0.4) is 0 Å². The quantitative estimate of drug-likeness (QED) is 0.631. The lowest BCUT2D eigenvalue weighted by molar-refractivity contribution is 1.21. The first-order valence-corrected chi connectivity index (χ1v) is 3.76. The summed E-state index contributed by atoms with van der Waals surface area (Å²) in [5.41, 5.74) is 0.453. The highest BCUT2D eigenvalue weighted by atomic mass is 79.9. The Morgan fingerprint density at radius 2 is 2.40 bits per heavy atom. The van der Waals surface area contributed by atoms with Gasteiger partial charge < -0.3 is 0 Å². The van der Waals surface area contributed by atoms with Gasteiger partial charge in [-0.1, -0.05) is 22.9 Å². The number of hydrogen-bond acceptors (Lipinski definition) is 2. The molecule has 0 aromatic heterocycles. The third-order valence-corrected chi connectivity index (χ3v) is 1.78. The van der Waals surface area contributed by atoms with E-state index in [2.05, 4.69) is 20.9 Å². The van der Waals surface area contributed by atoms with E-state index in [1.165, 1.54) is 0 Å². The number of nitrogens with zero attached hydrogens (tertiary/aromatic N) is 2. The summed E-state index contributed by atoms with van der Waals surface area (Å²) >= 11 is 3.29. The summed E-state index contributed by atoms with van der Waals surface area (Å²) in [4.78, 5) is 3.74. The van der Waals surface area contributed by atoms with Crippen molar-refractivity contribution in [3.8, 4) is 6.07 Å². The van der Waals surface area contributed by atoms with Crippen LogP contribution in [-0.2, 0) is 0 Å². The summed E-state index contributed by atoms with van der Waals surface area (Å²) in [5.74, 6) is 0. The van der Waals surface area contributed by atoms with Crippen LogP contribution in [0, 0.1) is 11.3 Å². The molecule has 0 rings (SSSR count). The molecule has 0 saturated heterocycles. The molecule has 10 heavy (non-hydrogen) atoms. The van der Waals surface area contributed by atoms with Crippen molar-refractivity contribution in [3.63, 3.8) is 0 Å². The van der Waals surface area contributed by atoms with Crippen molar-refractivity contribution in [2.45, 2.75) is 13.3 Å². The van der Waals surface area contributed by atoms with E-state index in [0.717, 1.165) is 10.9 Å². The third kappa shape index (κ3) is 3.41. The van der Waals surface area contributed by atoms with Gasteiger partial charge in [-0.15, -0.1) is 0 Å². The summed E-state index contributed by atoms with van der Waals surface area (Å²) in [6.07, 6.45) is 2.61. The fraction of sp³-hybridized carbons (Fsp3) is 0.429. The van der Waals surface area contributed by atoms with Gasteiger partial charge in [0.15, 0.2) is 0 Å². The van der Waals surface area contributed by atoms with E-state index in [4.69, 9.17) is 5.26 Å². The zero-order chi connectivity index (χ0) is 7.98. The summed E-state index contributed by atoms with van der Waals surface area (Å²) in [6, 6.07) is 1.96. The minimum Gasteiger partial charge on any atom is -0.278 e. The maximum Gasteiger partial charge on any atom is 0.135 e. The Kier molecular flexibility index (Phi) is 4.87. The van der Waals surface area contributed by atoms with E-state index in [0.29, 0.717) is 5.71 Å². The van der Waals surface area contributed by atoms with Crippen LogP contribution >= 0.6 is 15.9 Å². The SMILES string of the molecule is CC/C(Br)=C\C(C#N)=NC. The minimum absolute atomic E-state index is 0.453. The first kappa shape index (κ1) is 9.38. The zero-order valence-electron chi connectivity index (χ0n) is 6.06. The Labute approximate surface area is 69.4 Å². The van der Waals surface area contributed by atoms with E-state index in [1.54, 1.807) is 13.1 Å². The molecule has 0 aliphatic heterocycles. The van der Waals surface area contributed by atoms with Gasteiger partial charge in [-0.2, -0.15) is 5.26 Å². The lowest BCUT2D eigenvalue weighted by atomic mass is 10.3. The highest BCUT2D eigenvalue weighted by molar-refractivity contribution is 9.11. The molecule has 0 heterocycles. The van der Waals surface area contributed by atoms with Crippen molar-refractivity contribution in [1.82, 2.24) is 0 Å². The molecule has 54 valence electrons. The van der Waals surface area contributed by atoms with Gasteiger partial charge in [0.1, 0.15) is 11.8 Å². The van der Waals surface area contributed by atoms with Crippen LogP contribution in [0.2, 0.25) is 0 Å². The van der Waals surface area contributed by atoms with Gasteiger partial charge in [0.25, 0.3) is 0 Å². The van der Waals surface area contributed by atoms with E-state index >= 15 is 0 Å². The summed E-state index contributed by atoms with van der Waals surface area (Å²) in [5, 5.41) is 8.42. The van der Waals surface area contributed by atoms with Crippen molar-refractivity contribution in [3.05, 3.63) is 10.6 Å². The molecule has 3 heteroatoms. The van der Waals surface area contributed by atoms with Gasteiger partial charge in [0.05, 0.1) is 0 Å². The number of nitriles is 1. The Bertz CT molecular complexity index is 198. The van der Waals surface area contributed by atoms with E-state index in [9.17, 15) is 0 Å². The van der Waals surface area contributed by atoms with Crippen molar-refractivity contribution >= 4 is 21.6 Å². The highest BCUT2D eigenvalue weighted by Gasteiger charge is 1.91. The molecule has 0 aliphatic carbocycles. The molecule has 0 aromatic carbocycles. The Morgan fingerprint density at radius 1 is 1.80 bits per heavy atom. The molecule has 0 spiro atoms. The van der Waals surface area contributed by atoms with Crippen molar-refractivity contribution in [2.24, 2.45) is 4.99 Å². The van der Waals surface area contributed by atoms with Gasteiger partial charge in [0, 0.05) is 7.05 Å². The van der Waals surface area contributed by atoms with Crippen LogP contribution < -0.4 is 0 Å². The molecule has 0 bridgehead atoms. The zero-order valence-corrected chi connectivity index (χ0v) is 7.64. The minimum atomic E-state index is 0.453. The first-order valence-electron chi connectivity index (χ1n) is 2.97. The molecule has 0 amide bonds. The maximum absolute atomic E-state index is 8.42. The summed E-state index contributed by atoms with van der Waals surface area (Å²) in [6.45, 7) is 2.01. The predicted octanol–water partition coefficient (Wildman–Crippen LogP) is 2.27. The molecule has 0 atom stereocenters. The highest BCUT2D eigenvalue weighted by Crippen LogP contribution is 2.08. The Hall–Kier alpha value is -0.620. The van der Waals surface area contributed by atoms with Crippen LogP contribution in [0.1, 0.15) is 13.3 Å². The lowest BCUT2D eigenvalue weighted by Gasteiger charge is -1.88. The number of rotatable bonds is 2. The fourth-order valence-electron chi connectivity index (χ4n) is 0.397. The van der Waals surface area contributed by atoms with Gasteiger partial charge in [-0.25, -0.2) is 0 Å². The van der Waals surface area contributed by atoms with E-state index < -0.39 is 0 Å². The van der Waals surface area contributed by atoms with Crippen molar-refractivity contribution in [2.75, 3.05) is 7.05 Å². The Morgan fingerprint density at radius 3 is 2.70 bits per heavy atom. The number of aliphatic imine (C=N–C) groups is 1. The summed E-state index contributed by atoms with van der Waals surface area (Å²) < 4.78 is 0.995. The lowest BCUT2D eigenvalue weighted by Crippen LogP contribution is -1.87. The van der Waals surface area contributed by atoms with Crippen LogP contribution in [0.4, 0.5) is 0 Å². The van der Waals surface area contributed by atoms with Crippen LogP contribution in [0.5, 0.6) is 0 Å². The average molecular weight is 201 g/mol. The molecule has 0 fully saturated rings. The molecule has 0 aromatic rings. The molecular weight excluding hydrogens is 192 g/mol. The maximum atomic E-state index is 8.42. The fourth-order valence-corrected chi connectivity index (χ4v) is 0.614. The third-order valence-electron chi connectivity index (χ3n) is 0.987. The molecule has 0 radical (unpaired) electrons. The molecule has 0 unspecified atom stereocenters. The molecule has 0 N–H and O–H groups in total. The Balaban J connectivity index is 4.27. The molecule has 0 saturated carbocycles. The van der Waals surface area contributed by atoms with Crippen LogP contribution in [-0.4, -0.2) is 12.8 Å². The van der Waals surface area contributed by atoms with E-state index in [1.807, 2.05) is 13.0 Å².